The average Bonchev–Trinajstić information content (AvgIpc) is 2.46. The van der Waals surface area contributed by atoms with Gasteiger partial charge in [-0.15, -0.1) is 0 Å². The van der Waals surface area contributed by atoms with Crippen LogP contribution in [0.3, 0.4) is 0 Å². The molecule has 0 amide bonds. The molecule has 0 aliphatic carbocycles. The first-order valence-electron chi connectivity index (χ1n) is 5.68. The van der Waals surface area contributed by atoms with Crippen molar-refractivity contribution in [2.75, 3.05) is 7.11 Å². The molecule has 19 heavy (non-hydrogen) atoms. The zero-order valence-corrected chi connectivity index (χ0v) is 11.1. The Morgan fingerprint density at radius 2 is 1.89 bits per heavy atom. The number of hydrogen-bond acceptors (Lipinski definition) is 3. The van der Waals surface area contributed by atoms with E-state index < -0.39 is 0 Å². The molecule has 2 rings (SSSR count). The third-order valence-electron chi connectivity index (χ3n) is 2.60. The first-order chi connectivity index (χ1) is 9.22. The van der Waals surface area contributed by atoms with E-state index in [1.165, 1.54) is 0 Å². The number of nitriles is 1. The molecule has 0 fully saturated rings. The summed E-state index contributed by atoms with van der Waals surface area (Å²) in [5.41, 5.74) is 1.39. The average molecular weight is 274 g/mol. The van der Waals surface area contributed by atoms with Crippen LogP contribution in [-0.4, -0.2) is 7.11 Å². The summed E-state index contributed by atoms with van der Waals surface area (Å²) in [4.78, 5) is 0. The summed E-state index contributed by atoms with van der Waals surface area (Å²) in [6.45, 7) is 0.345. The minimum atomic E-state index is 0.345. The third kappa shape index (κ3) is 3.40. The molecule has 4 heteroatoms. The summed E-state index contributed by atoms with van der Waals surface area (Å²) in [6, 6.07) is 14.6. The van der Waals surface area contributed by atoms with Crippen LogP contribution in [0.25, 0.3) is 0 Å². The molecule has 0 saturated heterocycles. The van der Waals surface area contributed by atoms with Crippen molar-refractivity contribution in [1.82, 2.24) is 0 Å². The first-order valence-corrected chi connectivity index (χ1v) is 6.06. The molecule has 0 aliphatic rings. The number of hydrogen-bond donors (Lipinski definition) is 0. The van der Waals surface area contributed by atoms with Crippen molar-refractivity contribution >= 4 is 11.6 Å². The summed E-state index contributed by atoms with van der Waals surface area (Å²) >= 11 is 6.05. The molecule has 0 aromatic heterocycles. The van der Waals surface area contributed by atoms with Crippen LogP contribution in [0.2, 0.25) is 5.02 Å². The maximum Gasteiger partial charge on any atom is 0.124 e. The number of nitrogens with zero attached hydrogens (tertiary/aromatic N) is 1. The molecule has 0 N–H and O–H groups in total. The monoisotopic (exact) mass is 273 g/mol. The third-order valence-corrected chi connectivity index (χ3v) is 2.97. The summed E-state index contributed by atoms with van der Waals surface area (Å²) in [5, 5.41) is 9.59. The van der Waals surface area contributed by atoms with Gasteiger partial charge in [-0.05, 0) is 18.2 Å². The summed E-state index contributed by atoms with van der Waals surface area (Å²) in [6.07, 6.45) is 0. The van der Waals surface area contributed by atoms with Gasteiger partial charge in [-0.1, -0.05) is 29.8 Å². The van der Waals surface area contributed by atoms with Gasteiger partial charge >= 0.3 is 0 Å². The zero-order chi connectivity index (χ0) is 13.7. The molecular formula is C15H12ClNO2. The topological polar surface area (TPSA) is 42.2 Å². The maximum atomic E-state index is 8.93. The highest BCUT2D eigenvalue weighted by atomic mass is 35.5. The Labute approximate surface area is 117 Å². The molecule has 0 saturated carbocycles. The molecule has 0 bridgehead atoms. The lowest BCUT2D eigenvalue weighted by Gasteiger charge is -2.09. The molecule has 96 valence electrons. The van der Waals surface area contributed by atoms with E-state index in [1.54, 1.807) is 25.3 Å². The van der Waals surface area contributed by atoms with E-state index in [-0.39, 0.29) is 0 Å². The van der Waals surface area contributed by atoms with E-state index in [4.69, 9.17) is 26.3 Å². The van der Waals surface area contributed by atoms with E-state index in [2.05, 4.69) is 6.07 Å². The van der Waals surface area contributed by atoms with Crippen molar-refractivity contribution in [3.05, 3.63) is 58.6 Å². The van der Waals surface area contributed by atoms with Crippen LogP contribution >= 0.6 is 11.6 Å². The predicted molar refractivity (Wildman–Crippen MR) is 73.5 cm³/mol. The highest BCUT2D eigenvalue weighted by Crippen LogP contribution is 2.24. The Hall–Kier alpha value is -2.18. The lowest BCUT2D eigenvalue weighted by Crippen LogP contribution is -1.97. The molecule has 3 nitrogen and oxygen atoms in total. The van der Waals surface area contributed by atoms with Gasteiger partial charge in [0.15, 0.2) is 0 Å². The standard InChI is InChI=1S/C15H12ClNO2/c1-18-13-6-11(9-17)7-14(8-13)19-10-12-4-2-3-5-15(12)16/h2-8H,10H2,1H3. The normalized spacial score (nSPS) is 9.74. The van der Waals surface area contributed by atoms with E-state index in [1.807, 2.05) is 24.3 Å². The zero-order valence-electron chi connectivity index (χ0n) is 10.4. The van der Waals surface area contributed by atoms with Crippen molar-refractivity contribution in [3.8, 4) is 17.6 Å². The largest absolute Gasteiger partial charge is 0.497 e. The van der Waals surface area contributed by atoms with Crippen LogP contribution < -0.4 is 9.47 Å². The molecule has 0 spiro atoms. The summed E-state index contributed by atoms with van der Waals surface area (Å²) in [7, 11) is 1.55. The minimum absolute atomic E-state index is 0.345. The Morgan fingerprint density at radius 1 is 1.16 bits per heavy atom. The van der Waals surface area contributed by atoms with Gasteiger partial charge in [-0.3, -0.25) is 0 Å². The van der Waals surface area contributed by atoms with Gasteiger partial charge in [0.25, 0.3) is 0 Å². The highest BCUT2D eigenvalue weighted by molar-refractivity contribution is 6.31. The number of ether oxygens (including phenoxy) is 2. The van der Waals surface area contributed by atoms with Crippen molar-refractivity contribution in [2.24, 2.45) is 0 Å². The molecule has 2 aromatic carbocycles. The molecule has 0 heterocycles. The number of rotatable bonds is 4. The van der Waals surface area contributed by atoms with Gasteiger partial charge in [0, 0.05) is 16.7 Å². The molecule has 2 aromatic rings. The minimum Gasteiger partial charge on any atom is -0.497 e. The van der Waals surface area contributed by atoms with Gasteiger partial charge in [0.05, 0.1) is 18.7 Å². The Kier molecular flexibility index (Phi) is 4.27. The van der Waals surface area contributed by atoms with E-state index >= 15 is 0 Å². The Bertz CT molecular complexity index is 620. The van der Waals surface area contributed by atoms with Crippen LogP contribution in [0, 0.1) is 11.3 Å². The first kappa shape index (κ1) is 13.3. The van der Waals surface area contributed by atoms with Gasteiger partial charge in [0.1, 0.15) is 18.1 Å². The second-order valence-corrected chi connectivity index (χ2v) is 4.30. The molecule has 0 atom stereocenters. The van der Waals surface area contributed by atoms with Crippen LogP contribution in [0.4, 0.5) is 0 Å². The van der Waals surface area contributed by atoms with E-state index in [0.29, 0.717) is 28.7 Å². The molecule has 0 unspecified atom stereocenters. The Morgan fingerprint density at radius 3 is 2.58 bits per heavy atom. The van der Waals surface area contributed by atoms with Gasteiger partial charge in [-0.25, -0.2) is 0 Å². The Balaban J connectivity index is 2.16. The highest BCUT2D eigenvalue weighted by Gasteiger charge is 2.04. The predicted octanol–water partition coefficient (Wildman–Crippen LogP) is 3.80. The SMILES string of the molecule is COc1cc(C#N)cc(OCc2ccccc2Cl)c1. The second kappa shape index (κ2) is 6.12. The van der Waals surface area contributed by atoms with Crippen molar-refractivity contribution < 1.29 is 9.47 Å². The van der Waals surface area contributed by atoms with Gasteiger partial charge < -0.3 is 9.47 Å². The summed E-state index contributed by atoms with van der Waals surface area (Å²) < 4.78 is 10.8. The van der Waals surface area contributed by atoms with Gasteiger partial charge in [0.2, 0.25) is 0 Å². The van der Waals surface area contributed by atoms with Crippen LogP contribution in [0.15, 0.2) is 42.5 Å². The maximum absolute atomic E-state index is 8.93. The van der Waals surface area contributed by atoms with E-state index in [0.717, 1.165) is 5.56 Å². The van der Waals surface area contributed by atoms with Crippen molar-refractivity contribution in [2.45, 2.75) is 6.61 Å². The fourth-order valence-electron chi connectivity index (χ4n) is 1.61. The molecule has 0 aliphatic heterocycles. The lowest BCUT2D eigenvalue weighted by atomic mass is 10.2. The fraction of sp³-hybridized carbons (Fsp3) is 0.133. The second-order valence-electron chi connectivity index (χ2n) is 3.89. The lowest BCUT2D eigenvalue weighted by molar-refractivity contribution is 0.303. The van der Waals surface area contributed by atoms with Gasteiger partial charge in [-0.2, -0.15) is 5.26 Å². The smallest absolute Gasteiger partial charge is 0.124 e. The van der Waals surface area contributed by atoms with E-state index in [9.17, 15) is 0 Å². The summed E-state index contributed by atoms with van der Waals surface area (Å²) in [5.74, 6) is 1.17. The fourth-order valence-corrected chi connectivity index (χ4v) is 1.80. The van der Waals surface area contributed by atoms with Crippen molar-refractivity contribution in [1.29, 1.82) is 5.26 Å². The van der Waals surface area contributed by atoms with Crippen LogP contribution in [0.5, 0.6) is 11.5 Å². The quantitative estimate of drug-likeness (QED) is 0.851. The molecule has 0 radical (unpaired) electrons. The number of methoxy groups -OCH3 is 1. The van der Waals surface area contributed by atoms with Crippen molar-refractivity contribution in [3.63, 3.8) is 0 Å². The van der Waals surface area contributed by atoms with Crippen LogP contribution in [0.1, 0.15) is 11.1 Å². The molecular weight excluding hydrogens is 262 g/mol. The number of halogens is 1. The van der Waals surface area contributed by atoms with Crippen LogP contribution in [-0.2, 0) is 6.61 Å². The number of benzene rings is 2.